The number of nitrogens with zero attached hydrogens (tertiary/aromatic N) is 1. The van der Waals surface area contributed by atoms with Crippen LogP contribution < -0.4 is 4.90 Å². The van der Waals surface area contributed by atoms with Crippen LogP contribution in [0.5, 0.6) is 0 Å². The van der Waals surface area contributed by atoms with Gasteiger partial charge in [0.2, 0.25) is 5.78 Å². The summed E-state index contributed by atoms with van der Waals surface area (Å²) in [5.74, 6) is -0.0228. The van der Waals surface area contributed by atoms with Gasteiger partial charge in [-0.15, -0.1) is 0 Å². The van der Waals surface area contributed by atoms with Gasteiger partial charge in [-0.3, -0.25) is 4.79 Å². The quantitative estimate of drug-likeness (QED) is 0.232. The van der Waals surface area contributed by atoms with Crippen molar-refractivity contribution in [1.82, 2.24) is 0 Å². The number of carbonyl (C=O) groups excluding carboxylic acids is 1. The Morgan fingerprint density at radius 3 is 2.09 bits per heavy atom. The van der Waals surface area contributed by atoms with Crippen molar-refractivity contribution in [1.29, 1.82) is 0 Å². The van der Waals surface area contributed by atoms with Crippen molar-refractivity contribution in [2.75, 3.05) is 11.4 Å². The summed E-state index contributed by atoms with van der Waals surface area (Å²) in [6.45, 7) is 3.34. The Morgan fingerprint density at radius 2 is 1.42 bits per heavy atom. The molecule has 1 aromatic rings. The van der Waals surface area contributed by atoms with Gasteiger partial charge in [-0.2, -0.15) is 0 Å². The van der Waals surface area contributed by atoms with Crippen LogP contribution in [0.3, 0.4) is 0 Å². The summed E-state index contributed by atoms with van der Waals surface area (Å²) in [4.78, 5) is 14.3. The minimum Gasteiger partial charge on any atom is -0.347 e. The van der Waals surface area contributed by atoms with E-state index in [9.17, 15) is 4.79 Å². The highest BCUT2D eigenvalue weighted by atomic mass is 79.9. The van der Waals surface area contributed by atoms with E-state index in [1.54, 1.807) is 0 Å². The number of rotatable bonds is 12. The number of unbranched alkanes of at least 4 members (excludes halogenated alkanes) is 9. The Morgan fingerprint density at radius 1 is 0.818 bits per heavy atom. The Kier molecular flexibility index (Phi) is 10.9. The smallest absolute Gasteiger partial charge is 0.206 e. The van der Waals surface area contributed by atoms with E-state index < -0.39 is 0 Å². The third-order valence-corrected chi connectivity index (χ3v) is 7.37. The molecule has 0 radical (unpaired) electrons. The molecule has 0 spiro atoms. The molecule has 0 unspecified atom stereocenters. The Balaban J connectivity index is 1.53. The van der Waals surface area contributed by atoms with Gasteiger partial charge in [0.15, 0.2) is 0 Å². The standard InChI is InChI=1S/C29H35Br2NO/c1-2-3-4-5-6-7-8-9-10-13-19-32-20-18-24(25-14-11-12-15-28(25)32)17-16-23-21-26(30)29(33)27(31)22-23/h11-12,14-18,20-22H,2-10,13,19H2,1H3. The van der Waals surface area contributed by atoms with Gasteiger partial charge in [0.1, 0.15) is 0 Å². The van der Waals surface area contributed by atoms with Crippen LogP contribution in [0.2, 0.25) is 0 Å². The number of allylic oxidation sites excluding steroid dienone is 9. The van der Waals surface area contributed by atoms with E-state index in [1.165, 1.54) is 81.0 Å². The van der Waals surface area contributed by atoms with Crippen molar-refractivity contribution < 1.29 is 4.79 Å². The number of fused-ring (bicyclic) bond motifs is 1. The van der Waals surface area contributed by atoms with E-state index in [2.05, 4.69) is 92.4 Å². The van der Waals surface area contributed by atoms with Gasteiger partial charge in [0.05, 0.1) is 8.96 Å². The second-order valence-corrected chi connectivity index (χ2v) is 10.5. The normalized spacial score (nSPS) is 16.7. The van der Waals surface area contributed by atoms with Crippen molar-refractivity contribution in [2.24, 2.45) is 0 Å². The number of benzene rings is 1. The molecular formula is C29H35Br2NO. The van der Waals surface area contributed by atoms with Gasteiger partial charge in [-0.05, 0) is 73.7 Å². The maximum Gasteiger partial charge on any atom is 0.206 e. The highest BCUT2D eigenvalue weighted by Gasteiger charge is 2.17. The first-order valence-corrected chi connectivity index (χ1v) is 13.9. The molecule has 0 aromatic heterocycles. The van der Waals surface area contributed by atoms with Crippen LogP contribution in [-0.2, 0) is 4.79 Å². The first-order chi connectivity index (χ1) is 16.1. The monoisotopic (exact) mass is 571 g/mol. The fraction of sp³-hybridized carbons (Fsp3) is 0.414. The largest absolute Gasteiger partial charge is 0.347 e. The molecule has 2 aliphatic rings. The van der Waals surface area contributed by atoms with Gasteiger partial charge < -0.3 is 4.90 Å². The van der Waals surface area contributed by atoms with Gasteiger partial charge >= 0.3 is 0 Å². The first-order valence-electron chi connectivity index (χ1n) is 12.4. The van der Waals surface area contributed by atoms with E-state index in [0.717, 1.165) is 12.1 Å². The summed E-state index contributed by atoms with van der Waals surface area (Å²) >= 11 is 6.70. The maximum atomic E-state index is 11.9. The molecule has 0 saturated carbocycles. The molecule has 0 amide bonds. The Bertz CT molecular complexity index is 944. The topological polar surface area (TPSA) is 20.3 Å². The predicted molar refractivity (Wildman–Crippen MR) is 150 cm³/mol. The first kappa shape index (κ1) is 26.0. The highest BCUT2D eigenvalue weighted by Crippen LogP contribution is 2.33. The molecule has 0 bridgehead atoms. The lowest BCUT2D eigenvalue weighted by Gasteiger charge is -2.27. The van der Waals surface area contributed by atoms with Crippen LogP contribution in [0.1, 0.15) is 76.7 Å². The number of Topliss-reactive ketones (excluding diaryl/α,β-unsaturated/α-hetero) is 1. The summed E-state index contributed by atoms with van der Waals surface area (Å²) in [7, 11) is 0. The van der Waals surface area contributed by atoms with Crippen molar-refractivity contribution in [2.45, 2.75) is 71.1 Å². The van der Waals surface area contributed by atoms with Gasteiger partial charge in [0.25, 0.3) is 0 Å². The lowest BCUT2D eigenvalue weighted by Crippen LogP contribution is -2.21. The number of ketones is 1. The number of hydrogen-bond donors (Lipinski definition) is 0. The van der Waals surface area contributed by atoms with Gasteiger partial charge in [-0.1, -0.05) is 95.1 Å². The van der Waals surface area contributed by atoms with Crippen LogP contribution in [0, 0.1) is 0 Å². The molecule has 0 N–H and O–H groups in total. The van der Waals surface area contributed by atoms with Crippen LogP contribution in [0.15, 0.2) is 75.4 Å². The number of para-hydroxylation sites is 1. The average Bonchev–Trinajstić information content (AvgIpc) is 2.82. The second-order valence-electron chi connectivity index (χ2n) is 8.81. The molecule has 0 saturated heterocycles. The molecule has 4 heteroatoms. The fourth-order valence-corrected chi connectivity index (χ4v) is 5.50. The fourth-order valence-electron chi connectivity index (χ4n) is 4.28. The molecule has 0 atom stereocenters. The molecule has 1 aromatic carbocycles. The average molecular weight is 573 g/mol. The van der Waals surface area contributed by atoms with Gasteiger partial charge in [0, 0.05) is 24.0 Å². The molecule has 33 heavy (non-hydrogen) atoms. The second kappa shape index (κ2) is 13.9. The minimum atomic E-state index is -0.0228. The highest BCUT2D eigenvalue weighted by molar-refractivity contribution is 9.13. The Hall–Kier alpha value is -1.65. The van der Waals surface area contributed by atoms with E-state index in [4.69, 9.17) is 0 Å². The Labute approximate surface area is 216 Å². The van der Waals surface area contributed by atoms with Crippen LogP contribution in [0.25, 0.3) is 5.57 Å². The number of anilines is 1. The molecular weight excluding hydrogens is 538 g/mol. The van der Waals surface area contributed by atoms with E-state index in [1.807, 2.05) is 12.2 Å². The number of hydrogen-bond acceptors (Lipinski definition) is 2. The van der Waals surface area contributed by atoms with Crippen molar-refractivity contribution in [3.63, 3.8) is 0 Å². The van der Waals surface area contributed by atoms with Crippen LogP contribution in [0.4, 0.5) is 5.69 Å². The summed E-state index contributed by atoms with van der Waals surface area (Å²) in [6.07, 6.45) is 25.9. The SMILES string of the molecule is CCCCCCCCCCCCN1C=CC(=CC=C2C=C(Br)C(=O)C(Br)=C2)c2ccccc21. The predicted octanol–water partition coefficient (Wildman–Crippen LogP) is 9.39. The lowest BCUT2D eigenvalue weighted by atomic mass is 9.98. The minimum absolute atomic E-state index is 0.0228. The van der Waals surface area contributed by atoms with E-state index in [-0.39, 0.29) is 5.78 Å². The molecule has 1 heterocycles. The summed E-state index contributed by atoms with van der Waals surface area (Å²) < 4.78 is 1.15. The summed E-state index contributed by atoms with van der Waals surface area (Å²) in [6, 6.07) is 8.62. The molecule has 176 valence electrons. The third-order valence-electron chi connectivity index (χ3n) is 6.19. The zero-order valence-corrected chi connectivity index (χ0v) is 22.8. The summed E-state index contributed by atoms with van der Waals surface area (Å²) in [5, 5.41) is 0. The third kappa shape index (κ3) is 7.96. The van der Waals surface area contributed by atoms with E-state index in [0.29, 0.717) is 8.96 Å². The molecule has 1 aliphatic heterocycles. The van der Waals surface area contributed by atoms with Gasteiger partial charge in [-0.25, -0.2) is 0 Å². The zero-order valence-electron chi connectivity index (χ0n) is 19.7. The van der Waals surface area contributed by atoms with Crippen molar-refractivity contribution in [3.05, 3.63) is 80.9 Å². The van der Waals surface area contributed by atoms with Crippen molar-refractivity contribution in [3.8, 4) is 0 Å². The maximum absolute atomic E-state index is 11.9. The van der Waals surface area contributed by atoms with Crippen LogP contribution in [-0.4, -0.2) is 12.3 Å². The molecule has 0 fully saturated rings. The van der Waals surface area contributed by atoms with Crippen LogP contribution >= 0.6 is 31.9 Å². The summed E-state index contributed by atoms with van der Waals surface area (Å²) in [5.41, 5.74) is 4.69. The number of halogens is 2. The molecule has 1 aliphatic carbocycles. The molecule has 2 nitrogen and oxygen atoms in total. The molecule has 3 rings (SSSR count). The van der Waals surface area contributed by atoms with E-state index >= 15 is 0 Å². The zero-order chi connectivity index (χ0) is 23.5. The van der Waals surface area contributed by atoms with Crippen molar-refractivity contribution >= 4 is 48.9 Å². The lowest BCUT2D eigenvalue weighted by molar-refractivity contribution is -0.110. The number of carbonyl (C=O) groups is 1.